The summed E-state index contributed by atoms with van der Waals surface area (Å²) in [7, 11) is 0. The van der Waals surface area contributed by atoms with E-state index in [1.54, 1.807) is 24.3 Å². The summed E-state index contributed by atoms with van der Waals surface area (Å²) in [5, 5.41) is 2.77. The van der Waals surface area contributed by atoms with E-state index in [0.717, 1.165) is 0 Å². The van der Waals surface area contributed by atoms with E-state index >= 15 is 0 Å². The van der Waals surface area contributed by atoms with Gasteiger partial charge in [-0.15, -0.1) is 0 Å². The summed E-state index contributed by atoms with van der Waals surface area (Å²) in [6.07, 6.45) is 0. The normalized spacial score (nSPS) is 13.3. The second-order valence-electron chi connectivity index (χ2n) is 4.89. The molecular formula is C17H16N2O3. The van der Waals surface area contributed by atoms with Gasteiger partial charge >= 0.3 is 0 Å². The molecule has 1 aliphatic rings. The van der Waals surface area contributed by atoms with Crippen LogP contribution in [-0.4, -0.2) is 25.0 Å². The average molecular weight is 296 g/mol. The largest absolute Gasteiger partial charge is 0.493 e. The van der Waals surface area contributed by atoms with Crippen molar-refractivity contribution in [1.82, 2.24) is 0 Å². The first-order valence-corrected chi connectivity index (χ1v) is 7.13. The van der Waals surface area contributed by atoms with Gasteiger partial charge in [-0.05, 0) is 31.2 Å². The van der Waals surface area contributed by atoms with Crippen LogP contribution in [0.15, 0.2) is 48.5 Å². The number of ether oxygens (including phenoxy) is 1. The number of nitrogens with zero attached hydrogens (tertiary/aromatic N) is 1. The number of fused-ring (bicyclic) bond motifs is 1. The van der Waals surface area contributed by atoms with Crippen LogP contribution in [0.2, 0.25) is 0 Å². The maximum Gasteiger partial charge on any atom is 0.262 e. The summed E-state index contributed by atoms with van der Waals surface area (Å²) in [6.45, 7) is 2.34. The van der Waals surface area contributed by atoms with Crippen molar-refractivity contribution in [2.45, 2.75) is 6.92 Å². The van der Waals surface area contributed by atoms with E-state index in [4.69, 9.17) is 4.74 Å². The first-order valence-electron chi connectivity index (χ1n) is 7.13. The van der Waals surface area contributed by atoms with Crippen LogP contribution < -0.4 is 15.0 Å². The second-order valence-corrected chi connectivity index (χ2v) is 4.89. The van der Waals surface area contributed by atoms with E-state index in [2.05, 4.69) is 5.32 Å². The molecule has 0 atom stereocenters. The predicted octanol–water partition coefficient (Wildman–Crippen LogP) is 2.68. The highest BCUT2D eigenvalue weighted by Gasteiger charge is 2.28. The second kappa shape index (κ2) is 5.89. The molecule has 2 aromatic rings. The van der Waals surface area contributed by atoms with Crippen molar-refractivity contribution in [3.63, 3.8) is 0 Å². The van der Waals surface area contributed by atoms with Crippen molar-refractivity contribution < 1.29 is 14.3 Å². The molecule has 0 saturated carbocycles. The SMILES string of the molecule is CCOc1ccccc1C(=O)N1CC(=O)Nc2ccccc21. The van der Waals surface area contributed by atoms with Crippen molar-refractivity contribution >= 4 is 23.2 Å². The minimum absolute atomic E-state index is 0.00366. The topological polar surface area (TPSA) is 58.6 Å². The molecule has 0 saturated heterocycles. The Kier molecular flexibility index (Phi) is 3.78. The zero-order valence-corrected chi connectivity index (χ0v) is 12.2. The minimum Gasteiger partial charge on any atom is -0.493 e. The highest BCUT2D eigenvalue weighted by molar-refractivity contribution is 6.16. The van der Waals surface area contributed by atoms with Crippen molar-refractivity contribution in [1.29, 1.82) is 0 Å². The molecule has 0 bridgehead atoms. The fraction of sp³-hybridized carbons (Fsp3) is 0.176. The van der Waals surface area contributed by atoms with Crippen LogP contribution in [0, 0.1) is 0 Å². The van der Waals surface area contributed by atoms with E-state index in [1.807, 2.05) is 31.2 Å². The highest BCUT2D eigenvalue weighted by Crippen LogP contribution is 2.31. The third kappa shape index (κ3) is 2.53. The molecule has 2 aromatic carbocycles. The number of carbonyl (C=O) groups is 2. The highest BCUT2D eigenvalue weighted by atomic mass is 16.5. The molecule has 1 N–H and O–H groups in total. The monoisotopic (exact) mass is 296 g/mol. The van der Waals surface area contributed by atoms with Gasteiger partial charge in [0.15, 0.2) is 0 Å². The molecule has 2 amide bonds. The van der Waals surface area contributed by atoms with Crippen LogP contribution in [0.3, 0.4) is 0 Å². The van der Waals surface area contributed by atoms with Gasteiger partial charge in [0.2, 0.25) is 5.91 Å². The quantitative estimate of drug-likeness (QED) is 0.947. The van der Waals surface area contributed by atoms with Crippen molar-refractivity contribution in [2.24, 2.45) is 0 Å². The van der Waals surface area contributed by atoms with Gasteiger partial charge in [0.1, 0.15) is 12.3 Å². The Morgan fingerprint density at radius 3 is 2.73 bits per heavy atom. The summed E-state index contributed by atoms with van der Waals surface area (Å²) < 4.78 is 5.52. The number of rotatable bonds is 3. The first-order chi connectivity index (χ1) is 10.7. The van der Waals surface area contributed by atoms with E-state index in [1.165, 1.54) is 4.90 Å². The van der Waals surface area contributed by atoms with Gasteiger partial charge < -0.3 is 10.1 Å². The summed E-state index contributed by atoms with van der Waals surface area (Å²) >= 11 is 0. The van der Waals surface area contributed by atoms with Gasteiger partial charge in [0, 0.05) is 0 Å². The maximum absolute atomic E-state index is 12.9. The molecule has 0 spiro atoms. The number of amides is 2. The summed E-state index contributed by atoms with van der Waals surface area (Å²) in [6, 6.07) is 14.3. The first kappa shape index (κ1) is 14.1. The molecular weight excluding hydrogens is 280 g/mol. The molecule has 5 nitrogen and oxygen atoms in total. The Morgan fingerprint density at radius 1 is 1.18 bits per heavy atom. The number of benzene rings is 2. The van der Waals surface area contributed by atoms with Crippen molar-refractivity contribution in [3.05, 3.63) is 54.1 Å². The molecule has 22 heavy (non-hydrogen) atoms. The molecule has 0 aliphatic carbocycles. The number of hydrogen-bond donors (Lipinski definition) is 1. The third-order valence-electron chi connectivity index (χ3n) is 3.43. The molecule has 0 radical (unpaired) electrons. The van der Waals surface area contributed by atoms with Gasteiger partial charge in [-0.3, -0.25) is 14.5 Å². The molecule has 0 unspecified atom stereocenters. The number of carbonyl (C=O) groups excluding carboxylic acids is 2. The Labute approximate surface area is 128 Å². The van der Waals surface area contributed by atoms with E-state index < -0.39 is 0 Å². The maximum atomic E-state index is 12.9. The lowest BCUT2D eigenvalue weighted by molar-refractivity contribution is -0.115. The summed E-state index contributed by atoms with van der Waals surface area (Å²) in [4.78, 5) is 26.2. The molecule has 112 valence electrons. The molecule has 1 heterocycles. The van der Waals surface area contributed by atoms with Crippen LogP contribution in [0.5, 0.6) is 5.75 Å². The van der Waals surface area contributed by atoms with Crippen LogP contribution >= 0.6 is 0 Å². The molecule has 5 heteroatoms. The van der Waals surface area contributed by atoms with Crippen LogP contribution in [0.25, 0.3) is 0 Å². The smallest absolute Gasteiger partial charge is 0.262 e. The van der Waals surface area contributed by atoms with Crippen LogP contribution in [-0.2, 0) is 4.79 Å². The molecule has 1 aliphatic heterocycles. The van der Waals surface area contributed by atoms with Crippen molar-refractivity contribution in [3.8, 4) is 5.75 Å². The van der Waals surface area contributed by atoms with Gasteiger partial charge in [0.25, 0.3) is 5.91 Å². The zero-order chi connectivity index (χ0) is 15.5. The summed E-state index contributed by atoms with van der Waals surface area (Å²) in [5.74, 6) is 0.0748. The Morgan fingerprint density at radius 2 is 1.91 bits per heavy atom. The number of para-hydroxylation sites is 3. The predicted molar refractivity (Wildman–Crippen MR) is 84.4 cm³/mol. The lowest BCUT2D eigenvalue weighted by Crippen LogP contribution is -2.42. The lowest BCUT2D eigenvalue weighted by Gasteiger charge is -2.29. The van der Waals surface area contributed by atoms with Crippen LogP contribution in [0.1, 0.15) is 17.3 Å². The van der Waals surface area contributed by atoms with E-state index in [9.17, 15) is 9.59 Å². The van der Waals surface area contributed by atoms with E-state index in [0.29, 0.717) is 29.3 Å². The van der Waals surface area contributed by atoms with Gasteiger partial charge in [-0.25, -0.2) is 0 Å². The molecule has 0 aromatic heterocycles. The Balaban J connectivity index is 2.01. The van der Waals surface area contributed by atoms with E-state index in [-0.39, 0.29) is 18.4 Å². The minimum atomic E-state index is -0.244. The third-order valence-corrected chi connectivity index (χ3v) is 3.43. The standard InChI is InChI=1S/C17H16N2O3/c1-2-22-15-10-6-3-7-12(15)17(21)19-11-16(20)18-13-8-4-5-9-14(13)19/h3-10H,2,11H2,1H3,(H,18,20). The Bertz CT molecular complexity index is 727. The molecule has 0 fully saturated rings. The molecule has 3 rings (SSSR count). The zero-order valence-electron chi connectivity index (χ0n) is 12.2. The number of anilines is 2. The summed E-state index contributed by atoms with van der Waals surface area (Å²) in [5.41, 5.74) is 1.79. The number of hydrogen-bond acceptors (Lipinski definition) is 3. The fourth-order valence-corrected chi connectivity index (χ4v) is 2.48. The number of nitrogens with one attached hydrogen (secondary N) is 1. The van der Waals surface area contributed by atoms with Gasteiger partial charge in [-0.1, -0.05) is 24.3 Å². The van der Waals surface area contributed by atoms with Crippen molar-refractivity contribution in [2.75, 3.05) is 23.4 Å². The fourth-order valence-electron chi connectivity index (χ4n) is 2.48. The average Bonchev–Trinajstić information content (AvgIpc) is 2.54. The van der Waals surface area contributed by atoms with Gasteiger partial charge in [0.05, 0.1) is 23.5 Å². The Hall–Kier alpha value is -2.82. The van der Waals surface area contributed by atoms with Gasteiger partial charge in [-0.2, -0.15) is 0 Å². The lowest BCUT2D eigenvalue weighted by atomic mass is 10.1. The van der Waals surface area contributed by atoms with Crippen LogP contribution in [0.4, 0.5) is 11.4 Å².